The maximum atomic E-state index is 5.90. The van der Waals surface area contributed by atoms with Gasteiger partial charge in [-0.3, -0.25) is 9.88 Å². The summed E-state index contributed by atoms with van der Waals surface area (Å²) in [4.78, 5) is 6.37. The minimum atomic E-state index is 0.196. The monoisotopic (exact) mass is 245 g/mol. The van der Waals surface area contributed by atoms with Gasteiger partial charge < -0.3 is 10.2 Å². The van der Waals surface area contributed by atoms with Gasteiger partial charge in [0.2, 0.25) is 0 Å². The highest BCUT2D eigenvalue weighted by atomic mass is 16.3. The Bertz CT molecular complexity index is 441. The Morgan fingerprint density at radius 2 is 2.11 bits per heavy atom. The third-order valence-electron chi connectivity index (χ3n) is 3.13. The molecule has 0 aromatic carbocycles. The molecule has 4 heteroatoms. The normalized spacial score (nSPS) is 12.8. The summed E-state index contributed by atoms with van der Waals surface area (Å²) >= 11 is 0. The van der Waals surface area contributed by atoms with Crippen molar-refractivity contribution in [2.24, 2.45) is 5.73 Å². The van der Waals surface area contributed by atoms with E-state index in [4.69, 9.17) is 10.2 Å². The van der Waals surface area contributed by atoms with E-state index in [1.807, 2.05) is 30.6 Å². The molecule has 0 aliphatic rings. The highest BCUT2D eigenvalue weighted by Crippen LogP contribution is 2.21. The van der Waals surface area contributed by atoms with Crippen molar-refractivity contribution < 1.29 is 4.42 Å². The summed E-state index contributed by atoms with van der Waals surface area (Å²) in [5.41, 5.74) is 8.28. The summed E-state index contributed by atoms with van der Waals surface area (Å²) < 4.78 is 5.15. The van der Waals surface area contributed by atoms with Gasteiger partial charge in [0.15, 0.2) is 0 Å². The van der Waals surface area contributed by atoms with E-state index < -0.39 is 0 Å². The summed E-state index contributed by atoms with van der Waals surface area (Å²) in [5, 5.41) is 0. The molecule has 0 saturated heterocycles. The first-order valence-corrected chi connectivity index (χ1v) is 6.20. The first-order valence-electron chi connectivity index (χ1n) is 6.20. The van der Waals surface area contributed by atoms with Crippen molar-refractivity contribution in [3.05, 3.63) is 54.2 Å². The zero-order valence-corrected chi connectivity index (χ0v) is 10.6. The van der Waals surface area contributed by atoms with Gasteiger partial charge in [0, 0.05) is 31.0 Å². The molecule has 18 heavy (non-hydrogen) atoms. The van der Waals surface area contributed by atoms with E-state index in [9.17, 15) is 0 Å². The second-order valence-corrected chi connectivity index (χ2v) is 4.23. The number of likely N-dealkylation sites (N-methyl/N-ethyl adjacent to an activating group) is 1. The van der Waals surface area contributed by atoms with Crippen molar-refractivity contribution >= 4 is 0 Å². The lowest BCUT2D eigenvalue weighted by molar-refractivity contribution is 0.202. The molecule has 0 bridgehead atoms. The predicted molar refractivity (Wildman–Crippen MR) is 70.8 cm³/mol. The number of hydrogen-bond acceptors (Lipinski definition) is 4. The highest BCUT2D eigenvalue weighted by molar-refractivity contribution is 5.15. The molecular weight excluding hydrogens is 226 g/mol. The van der Waals surface area contributed by atoms with Crippen molar-refractivity contribution in [1.29, 1.82) is 0 Å². The summed E-state index contributed by atoms with van der Waals surface area (Å²) in [6.07, 6.45) is 7.10. The van der Waals surface area contributed by atoms with Crippen LogP contribution < -0.4 is 5.73 Å². The number of nitrogens with two attached hydrogens (primary N) is 1. The molecule has 0 saturated carbocycles. The maximum Gasteiger partial charge on any atom is 0.0950 e. The van der Waals surface area contributed by atoms with E-state index in [2.05, 4.69) is 16.8 Å². The Morgan fingerprint density at radius 3 is 2.67 bits per heavy atom. The second-order valence-electron chi connectivity index (χ2n) is 4.23. The molecule has 1 unspecified atom stereocenters. The average molecular weight is 245 g/mol. The number of furan rings is 1. The summed E-state index contributed by atoms with van der Waals surface area (Å²) in [7, 11) is 0. The SMILES string of the molecule is CCN(Cc1ccncc1)C(CN)c1ccoc1. The van der Waals surface area contributed by atoms with Crippen molar-refractivity contribution in [1.82, 2.24) is 9.88 Å². The molecule has 0 spiro atoms. The quantitative estimate of drug-likeness (QED) is 0.847. The van der Waals surface area contributed by atoms with Gasteiger partial charge in [-0.2, -0.15) is 0 Å². The van der Waals surface area contributed by atoms with Crippen LogP contribution in [0.15, 0.2) is 47.5 Å². The van der Waals surface area contributed by atoms with Crippen molar-refractivity contribution in [2.75, 3.05) is 13.1 Å². The van der Waals surface area contributed by atoms with Crippen LogP contribution in [-0.2, 0) is 6.54 Å². The minimum Gasteiger partial charge on any atom is -0.472 e. The topological polar surface area (TPSA) is 55.3 Å². The lowest BCUT2D eigenvalue weighted by Crippen LogP contribution is -2.33. The van der Waals surface area contributed by atoms with Crippen LogP contribution in [0.5, 0.6) is 0 Å². The first kappa shape index (κ1) is 12.8. The van der Waals surface area contributed by atoms with Gasteiger partial charge in [0.25, 0.3) is 0 Å². The Hall–Kier alpha value is -1.65. The van der Waals surface area contributed by atoms with Gasteiger partial charge in [-0.15, -0.1) is 0 Å². The zero-order chi connectivity index (χ0) is 12.8. The van der Waals surface area contributed by atoms with Crippen LogP contribution in [-0.4, -0.2) is 23.0 Å². The Labute approximate surface area is 107 Å². The van der Waals surface area contributed by atoms with Crippen LogP contribution in [0.3, 0.4) is 0 Å². The van der Waals surface area contributed by atoms with E-state index >= 15 is 0 Å². The summed E-state index contributed by atoms with van der Waals surface area (Å²) in [6.45, 7) is 4.53. The first-order chi connectivity index (χ1) is 8.85. The van der Waals surface area contributed by atoms with E-state index in [1.165, 1.54) is 5.56 Å². The Morgan fingerprint density at radius 1 is 1.33 bits per heavy atom. The van der Waals surface area contributed by atoms with Crippen LogP contribution in [0.25, 0.3) is 0 Å². The minimum absolute atomic E-state index is 0.196. The molecule has 0 amide bonds. The molecule has 1 atom stereocenters. The standard InChI is InChI=1S/C14H19N3O/c1-2-17(10-12-3-6-16-7-4-12)14(9-15)13-5-8-18-11-13/h3-8,11,14H,2,9-10,15H2,1H3. The molecule has 2 aromatic rings. The lowest BCUT2D eigenvalue weighted by atomic mass is 10.1. The van der Waals surface area contributed by atoms with Crippen LogP contribution in [0.2, 0.25) is 0 Å². The van der Waals surface area contributed by atoms with Crippen LogP contribution in [0.4, 0.5) is 0 Å². The van der Waals surface area contributed by atoms with Gasteiger partial charge in [-0.1, -0.05) is 6.92 Å². The van der Waals surface area contributed by atoms with E-state index in [0.717, 1.165) is 18.7 Å². The molecule has 2 rings (SSSR count). The Balaban J connectivity index is 2.12. The number of nitrogens with zero attached hydrogens (tertiary/aromatic N) is 2. The lowest BCUT2D eigenvalue weighted by Gasteiger charge is -2.29. The maximum absolute atomic E-state index is 5.90. The Kier molecular flexibility index (Phi) is 4.50. The molecule has 0 radical (unpaired) electrons. The van der Waals surface area contributed by atoms with Crippen LogP contribution in [0, 0.1) is 0 Å². The van der Waals surface area contributed by atoms with E-state index in [-0.39, 0.29) is 6.04 Å². The van der Waals surface area contributed by atoms with Crippen LogP contribution >= 0.6 is 0 Å². The van der Waals surface area contributed by atoms with Crippen LogP contribution in [0.1, 0.15) is 24.1 Å². The molecular formula is C14H19N3O. The molecule has 2 heterocycles. The van der Waals surface area contributed by atoms with E-state index in [0.29, 0.717) is 6.54 Å². The number of hydrogen-bond donors (Lipinski definition) is 1. The molecule has 4 nitrogen and oxygen atoms in total. The summed E-state index contributed by atoms with van der Waals surface area (Å²) in [5.74, 6) is 0. The number of pyridine rings is 1. The van der Waals surface area contributed by atoms with Gasteiger partial charge in [0.05, 0.1) is 18.6 Å². The largest absolute Gasteiger partial charge is 0.472 e. The molecule has 0 aliphatic carbocycles. The summed E-state index contributed by atoms with van der Waals surface area (Å²) in [6, 6.07) is 6.24. The predicted octanol–water partition coefficient (Wildman–Crippen LogP) is 2.20. The van der Waals surface area contributed by atoms with Crippen molar-refractivity contribution in [3.63, 3.8) is 0 Å². The highest BCUT2D eigenvalue weighted by Gasteiger charge is 2.18. The van der Waals surface area contributed by atoms with Gasteiger partial charge in [-0.25, -0.2) is 0 Å². The fraction of sp³-hybridized carbons (Fsp3) is 0.357. The average Bonchev–Trinajstić information content (AvgIpc) is 2.93. The number of aromatic nitrogens is 1. The van der Waals surface area contributed by atoms with Crippen molar-refractivity contribution in [2.45, 2.75) is 19.5 Å². The third-order valence-corrected chi connectivity index (χ3v) is 3.13. The van der Waals surface area contributed by atoms with Gasteiger partial charge in [0.1, 0.15) is 0 Å². The number of rotatable bonds is 6. The van der Waals surface area contributed by atoms with Gasteiger partial charge >= 0.3 is 0 Å². The molecule has 2 aromatic heterocycles. The van der Waals surface area contributed by atoms with Gasteiger partial charge in [-0.05, 0) is 30.3 Å². The molecule has 0 aliphatic heterocycles. The molecule has 0 fully saturated rings. The molecule has 96 valence electrons. The second kappa shape index (κ2) is 6.33. The van der Waals surface area contributed by atoms with E-state index in [1.54, 1.807) is 12.5 Å². The fourth-order valence-electron chi connectivity index (χ4n) is 2.13. The zero-order valence-electron chi connectivity index (χ0n) is 10.6. The third kappa shape index (κ3) is 2.97. The van der Waals surface area contributed by atoms with Crippen molar-refractivity contribution in [3.8, 4) is 0 Å². The smallest absolute Gasteiger partial charge is 0.0950 e. The fourth-order valence-corrected chi connectivity index (χ4v) is 2.13. The molecule has 2 N–H and O–H groups in total.